The molecule has 0 bridgehead atoms. The number of aromatic amines is 1. The highest BCUT2D eigenvalue weighted by molar-refractivity contribution is 5.89. The number of ether oxygens (including phenoxy) is 1. The molecule has 5 nitrogen and oxygen atoms in total. The average molecular weight is 329 g/mol. The van der Waals surface area contributed by atoms with E-state index in [0.717, 1.165) is 23.6 Å². The first-order valence-electron chi connectivity index (χ1n) is 9.14. The summed E-state index contributed by atoms with van der Waals surface area (Å²) < 4.78 is 5.55. The molecule has 1 saturated heterocycles. The Bertz CT molecular complexity index is 637. The minimum absolute atomic E-state index is 0.00856. The fourth-order valence-corrected chi connectivity index (χ4v) is 3.83. The van der Waals surface area contributed by atoms with Gasteiger partial charge in [0.05, 0.1) is 17.8 Å². The van der Waals surface area contributed by atoms with Crippen LogP contribution in [0.2, 0.25) is 0 Å². The second-order valence-corrected chi connectivity index (χ2v) is 7.63. The molecule has 2 heterocycles. The minimum Gasteiger partial charge on any atom is -0.380 e. The predicted octanol–water partition coefficient (Wildman–Crippen LogP) is 3.06. The lowest BCUT2D eigenvalue weighted by atomic mass is 10.1. The zero-order valence-electron chi connectivity index (χ0n) is 14.8. The number of nitrogens with one attached hydrogen (secondary N) is 1. The average Bonchev–Trinajstić information content (AvgIpc) is 3.48. The number of carbonyl (C=O) groups is 1. The first kappa shape index (κ1) is 15.9. The van der Waals surface area contributed by atoms with Crippen LogP contribution in [0.5, 0.6) is 0 Å². The molecule has 3 aliphatic rings. The van der Waals surface area contributed by atoms with Gasteiger partial charge in [-0.1, -0.05) is 5.57 Å². The second kappa shape index (κ2) is 6.03. The molecule has 1 N–H and O–H groups in total. The van der Waals surface area contributed by atoms with Gasteiger partial charge < -0.3 is 14.6 Å². The topological polar surface area (TPSA) is 58.2 Å². The summed E-state index contributed by atoms with van der Waals surface area (Å²) in [5.74, 6) is 2.38. The lowest BCUT2D eigenvalue weighted by molar-refractivity contribution is -0.127. The number of hydrogen-bond donors (Lipinski definition) is 1. The van der Waals surface area contributed by atoms with Crippen molar-refractivity contribution in [3.63, 3.8) is 0 Å². The Balaban J connectivity index is 1.58. The number of imidazole rings is 1. The third kappa shape index (κ3) is 3.02. The van der Waals surface area contributed by atoms with Crippen molar-refractivity contribution >= 4 is 5.91 Å². The van der Waals surface area contributed by atoms with Crippen molar-refractivity contribution in [1.29, 1.82) is 0 Å². The second-order valence-electron chi connectivity index (χ2n) is 7.63. The molecular formula is C19H27N3O2. The fraction of sp³-hybridized carbons (Fsp3) is 0.684. The highest BCUT2D eigenvalue weighted by atomic mass is 16.5. The lowest BCUT2D eigenvalue weighted by Crippen LogP contribution is -2.31. The Morgan fingerprint density at radius 2 is 1.92 bits per heavy atom. The number of carbonyl (C=O) groups excluding carboxylic acids is 1. The number of methoxy groups -OCH3 is 1. The largest absolute Gasteiger partial charge is 0.380 e. The Hall–Kier alpha value is -1.62. The molecule has 3 fully saturated rings. The van der Waals surface area contributed by atoms with E-state index in [1.807, 2.05) is 24.8 Å². The van der Waals surface area contributed by atoms with Crippen molar-refractivity contribution in [2.45, 2.75) is 58.1 Å². The van der Waals surface area contributed by atoms with Crippen molar-refractivity contribution in [2.24, 2.45) is 11.8 Å². The van der Waals surface area contributed by atoms with Crippen LogP contribution in [0.25, 0.3) is 0 Å². The maximum atomic E-state index is 13.0. The van der Waals surface area contributed by atoms with E-state index in [2.05, 4.69) is 9.97 Å². The van der Waals surface area contributed by atoms with Gasteiger partial charge in [-0.2, -0.15) is 0 Å². The highest BCUT2D eigenvalue weighted by Gasteiger charge is 2.40. The van der Waals surface area contributed by atoms with Crippen LogP contribution in [0.1, 0.15) is 55.4 Å². The number of amides is 1. The number of aromatic nitrogens is 2. The van der Waals surface area contributed by atoms with Crippen LogP contribution in [0.3, 0.4) is 0 Å². The molecule has 5 heteroatoms. The lowest BCUT2D eigenvalue weighted by Gasteiger charge is -2.22. The predicted molar refractivity (Wildman–Crippen MR) is 91.5 cm³/mol. The van der Waals surface area contributed by atoms with Crippen LogP contribution < -0.4 is 0 Å². The Morgan fingerprint density at radius 3 is 2.42 bits per heavy atom. The van der Waals surface area contributed by atoms with Crippen LogP contribution in [0, 0.1) is 25.7 Å². The molecule has 4 rings (SSSR count). The molecule has 0 radical (unpaired) electrons. The third-order valence-electron chi connectivity index (χ3n) is 5.73. The van der Waals surface area contributed by atoms with Gasteiger partial charge in [0.25, 0.3) is 0 Å². The SMILES string of the molecule is CO[C@@H]1C[C@@H](c2nc(C)c(C)[nH]2)N(C(=O)C=C(C2CC2)C2CC2)C1. The molecular weight excluding hydrogens is 302 g/mol. The number of allylic oxidation sites excluding steroid dienone is 1. The molecule has 0 spiro atoms. The number of aryl methyl sites for hydroxylation is 2. The molecule has 2 saturated carbocycles. The normalized spacial score (nSPS) is 26.7. The molecule has 1 aromatic rings. The van der Waals surface area contributed by atoms with Gasteiger partial charge in [0, 0.05) is 31.8 Å². The summed E-state index contributed by atoms with van der Waals surface area (Å²) in [5, 5.41) is 0. The van der Waals surface area contributed by atoms with Crippen molar-refractivity contribution in [1.82, 2.24) is 14.9 Å². The zero-order valence-corrected chi connectivity index (χ0v) is 14.8. The van der Waals surface area contributed by atoms with E-state index in [1.54, 1.807) is 7.11 Å². The monoisotopic (exact) mass is 329 g/mol. The van der Waals surface area contributed by atoms with E-state index >= 15 is 0 Å². The molecule has 24 heavy (non-hydrogen) atoms. The van der Waals surface area contributed by atoms with Crippen LogP contribution in [-0.2, 0) is 9.53 Å². The molecule has 1 aromatic heterocycles. The van der Waals surface area contributed by atoms with Gasteiger partial charge in [-0.25, -0.2) is 4.98 Å². The Labute approximate surface area is 143 Å². The maximum Gasteiger partial charge on any atom is 0.247 e. The number of rotatable bonds is 5. The van der Waals surface area contributed by atoms with Crippen LogP contribution >= 0.6 is 0 Å². The standard InChI is InChI=1S/C19H27N3O2/c1-11-12(2)21-19(20-11)17-8-15(24-3)10-22(17)18(23)9-16(13-4-5-13)14-6-7-14/h9,13-15,17H,4-8,10H2,1-3H3,(H,20,21)/t15-,17+/m1/s1. The van der Waals surface area contributed by atoms with Gasteiger partial charge in [-0.15, -0.1) is 0 Å². The van der Waals surface area contributed by atoms with Crippen molar-refractivity contribution in [2.75, 3.05) is 13.7 Å². The first-order chi connectivity index (χ1) is 11.6. The van der Waals surface area contributed by atoms with E-state index in [4.69, 9.17) is 4.74 Å². The molecule has 1 aliphatic heterocycles. The summed E-state index contributed by atoms with van der Waals surface area (Å²) in [4.78, 5) is 23.0. The molecule has 2 atom stereocenters. The Morgan fingerprint density at radius 1 is 1.25 bits per heavy atom. The fourth-order valence-electron chi connectivity index (χ4n) is 3.83. The zero-order chi connectivity index (χ0) is 16.8. The molecule has 0 aromatic carbocycles. The quantitative estimate of drug-likeness (QED) is 0.845. The van der Waals surface area contributed by atoms with E-state index < -0.39 is 0 Å². The summed E-state index contributed by atoms with van der Waals surface area (Å²) in [6, 6.07) is -0.00856. The smallest absolute Gasteiger partial charge is 0.247 e. The molecule has 2 aliphatic carbocycles. The van der Waals surface area contributed by atoms with Crippen LogP contribution in [0.15, 0.2) is 11.6 Å². The molecule has 0 unspecified atom stereocenters. The van der Waals surface area contributed by atoms with Gasteiger partial charge in [0.15, 0.2) is 0 Å². The summed E-state index contributed by atoms with van der Waals surface area (Å²) >= 11 is 0. The van der Waals surface area contributed by atoms with Gasteiger partial charge in [0.1, 0.15) is 5.82 Å². The Kier molecular flexibility index (Phi) is 3.99. The number of likely N-dealkylation sites (tertiary alicyclic amines) is 1. The number of H-pyrrole nitrogens is 1. The van der Waals surface area contributed by atoms with E-state index in [0.29, 0.717) is 18.4 Å². The van der Waals surface area contributed by atoms with Gasteiger partial charge in [0.2, 0.25) is 5.91 Å². The van der Waals surface area contributed by atoms with Gasteiger partial charge in [-0.3, -0.25) is 4.79 Å². The third-order valence-corrected chi connectivity index (χ3v) is 5.73. The number of nitrogens with zero attached hydrogens (tertiary/aromatic N) is 2. The first-order valence-corrected chi connectivity index (χ1v) is 9.14. The van der Waals surface area contributed by atoms with E-state index in [-0.39, 0.29) is 18.1 Å². The summed E-state index contributed by atoms with van der Waals surface area (Å²) in [6.07, 6.45) is 7.88. The minimum atomic E-state index is -0.00856. The van der Waals surface area contributed by atoms with Crippen molar-refractivity contribution < 1.29 is 9.53 Å². The summed E-state index contributed by atoms with van der Waals surface area (Å²) in [7, 11) is 1.73. The van der Waals surface area contributed by atoms with Crippen LogP contribution in [0.4, 0.5) is 0 Å². The van der Waals surface area contributed by atoms with Gasteiger partial charge >= 0.3 is 0 Å². The maximum absolute atomic E-state index is 13.0. The van der Waals surface area contributed by atoms with E-state index in [1.165, 1.54) is 31.3 Å². The van der Waals surface area contributed by atoms with Crippen molar-refractivity contribution in [3.05, 3.63) is 28.9 Å². The van der Waals surface area contributed by atoms with Gasteiger partial charge in [-0.05, 0) is 51.4 Å². The van der Waals surface area contributed by atoms with E-state index in [9.17, 15) is 4.79 Å². The number of hydrogen-bond acceptors (Lipinski definition) is 3. The van der Waals surface area contributed by atoms with Crippen molar-refractivity contribution in [3.8, 4) is 0 Å². The summed E-state index contributed by atoms with van der Waals surface area (Å²) in [6.45, 7) is 4.68. The van der Waals surface area contributed by atoms with Crippen LogP contribution in [-0.4, -0.2) is 40.5 Å². The molecule has 130 valence electrons. The molecule has 1 amide bonds. The summed E-state index contributed by atoms with van der Waals surface area (Å²) in [5.41, 5.74) is 3.49. The highest BCUT2D eigenvalue weighted by Crippen LogP contribution is 2.49.